The summed E-state index contributed by atoms with van der Waals surface area (Å²) in [4.78, 5) is 11.8. The average molecular weight is 527 g/mol. The first-order valence-electron chi connectivity index (χ1n) is 13.4. The summed E-state index contributed by atoms with van der Waals surface area (Å²) in [6, 6.07) is 12.9. The minimum Gasteiger partial charge on any atom is -0.497 e. The third-order valence-electron chi connectivity index (χ3n) is 8.34. The molecule has 38 heavy (non-hydrogen) atoms. The third-order valence-corrected chi connectivity index (χ3v) is 8.64. The Kier molecular flexibility index (Phi) is 5.99. The standard InChI is InChI=1S/C31H31ClN4O2/c1-37-24-5-6-25-21(13-24)3-2-4-27(26-7-10-33-15-28(26)32)30(25)22-8-11-36-17-23(34-29(36)14-22)16-35-18-31(19-35)9-12-38-20-31/h5-8,10-11,13-15,17H,2-4,9,12,16,18-20H2,1H3. The predicted molar refractivity (Wildman–Crippen MR) is 149 cm³/mol. The molecule has 0 unspecified atom stereocenters. The molecule has 2 aliphatic heterocycles. The summed E-state index contributed by atoms with van der Waals surface area (Å²) < 4.78 is 13.3. The molecule has 0 bridgehead atoms. The van der Waals surface area contributed by atoms with Crippen molar-refractivity contribution in [3.63, 3.8) is 0 Å². The maximum Gasteiger partial charge on any atom is 0.137 e. The fourth-order valence-electron chi connectivity index (χ4n) is 6.52. The number of benzene rings is 1. The van der Waals surface area contributed by atoms with Gasteiger partial charge in [0.2, 0.25) is 0 Å². The average Bonchev–Trinajstić information content (AvgIpc) is 3.51. The first kappa shape index (κ1) is 23.9. The number of allylic oxidation sites excluding steroid dienone is 1. The van der Waals surface area contributed by atoms with Crippen LogP contribution < -0.4 is 4.74 Å². The number of ether oxygens (including phenoxy) is 2. The Balaban J connectivity index is 1.29. The Morgan fingerprint density at radius 2 is 2.03 bits per heavy atom. The van der Waals surface area contributed by atoms with Crippen molar-refractivity contribution in [3.05, 3.63) is 94.2 Å². The van der Waals surface area contributed by atoms with E-state index in [-0.39, 0.29) is 0 Å². The quantitative estimate of drug-likeness (QED) is 0.323. The van der Waals surface area contributed by atoms with E-state index in [1.165, 1.54) is 28.7 Å². The van der Waals surface area contributed by atoms with Gasteiger partial charge in [-0.2, -0.15) is 0 Å². The van der Waals surface area contributed by atoms with E-state index in [0.717, 1.165) is 80.3 Å². The molecule has 1 aliphatic carbocycles. The minimum absolute atomic E-state index is 0.388. The molecule has 4 aromatic rings. The number of nitrogens with zero attached hydrogens (tertiary/aromatic N) is 4. The molecular formula is C31H31ClN4O2. The zero-order valence-electron chi connectivity index (χ0n) is 21.6. The number of halogens is 1. The molecule has 3 aromatic heterocycles. The van der Waals surface area contributed by atoms with Crippen molar-refractivity contribution in [3.8, 4) is 5.75 Å². The zero-order valence-corrected chi connectivity index (χ0v) is 22.4. The fourth-order valence-corrected chi connectivity index (χ4v) is 6.75. The van der Waals surface area contributed by atoms with Crippen LogP contribution in [0.3, 0.4) is 0 Å². The molecule has 194 valence electrons. The number of likely N-dealkylation sites (tertiary alicyclic amines) is 1. The predicted octanol–water partition coefficient (Wildman–Crippen LogP) is 5.91. The summed E-state index contributed by atoms with van der Waals surface area (Å²) in [6.07, 6.45) is 12.0. The Hall–Kier alpha value is -3.19. The van der Waals surface area contributed by atoms with Crippen LogP contribution in [-0.2, 0) is 17.7 Å². The monoisotopic (exact) mass is 526 g/mol. The van der Waals surface area contributed by atoms with Gasteiger partial charge in [-0.25, -0.2) is 4.98 Å². The van der Waals surface area contributed by atoms with E-state index in [4.69, 9.17) is 26.1 Å². The lowest BCUT2D eigenvalue weighted by Gasteiger charge is -2.46. The zero-order chi connectivity index (χ0) is 25.7. The summed E-state index contributed by atoms with van der Waals surface area (Å²) in [6.45, 7) is 4.90. The van der Waals surface area contributed by atoms with Crippen molar-refractivity contribution < 1.29 is 9.47 Å². The van der Waals surface area contributed by atoms with Gasteiger partial charge in [-0.1, -0.05) is 17.7 Å². The van der Waals surface area contributed by atoms with Crippen molar-refractivity contribution in [2.75, 3.05) is 33.4 Å². The van der Waals surface area contributed by atoms with Crippen molar-refractivity contribution in [2.45, 2.75) is 32.2 Å². The molecule has 2 saturated heterocycles. The number of pyridine rings is 2. The lowest BCUT2D eigenvalue weighted by atomic mass is 9.79. The highest BCUT2D eigenvalue weighted by atomic mass is 35.5. The first-order valence-corrected chi connectivity index (χ1v) is 13.8. The van der Waals surface area contributed by atoms with Crippen LogP contribution in [0, 0.1) is 5.41 Å². The van der Waals surface area contributed by atoms with Crippen LogP contribution in [0.2, 0.25) is 5.02 Å². The second-order valence-electron chi connectivity index (χ2n) is 10.9. The summed E-state index contributed by atoms with van der Waals surface area (Å²) >= 11 is 6.70. The number of fused-ring (bicyclic) bond motifs is 2. The molecule has 0 amide bonds. The van der Waals surface area contributed by atoms with Crippen LogP contribution in [-0.4, -0.2) is 52.7 Å². The van der Waals surface area contributed by atoms with Gasteiger partial charge in [0.15, 0.2) is 0 Å². The molecule has 5 heterocycles. The molecule has 3 aliphatic rings. The molecule has 0 radical (unpaired) electrons. The van der Waals surface area contributed by atoms with E-state index in [9.17, 15) is 0 Å². The van der Waals surface area contributed by atoms with Gasteiger partial charge in [0.25, 0.3) is 0 Å². The highest BCUT2D eigenvalue weighted by Gasteiger charge is 2.45. The van der Waals surface area contributed by atoms with Crippen molar-refractivity contribution >= 4 is 28.4 Å². The molecule has 0 N–H and O–H groups in total. The van der Waals surface area contributed by atoms with Crippen LogP contribution in [0.1, 0.15) is 47.2 Å². The number of aryl methyl sites for hydroxylation is 1. The van der Waals surface area contributed by atoms with Gasteiger partial charge < -0.3 is 13.9 Å². The van der Waals surface area contributed by atoms with Crippen LogP contribution in [0.5, 0.6) is 5.75 Å². The number of aromatic nitrogens is 3. The van der Waals surface area contributed by atoms with Gasteiger partial charge in [0.1, 0.15) is 11.4 Å². The highest BCUT2D eigenvalue weighted by Crippen LogP contribution is 2.43. The number of imidazole rings is 1. The number of rotatable bonds is 5. The fraction of sp³-hybridized carbons (Fsp3) is 0.355. The van der Waals surface area contributed by atoms with Gasteiger partial charge >= 0.3 is 0 Å². The van der Waals surface area contributed by atoms with Crippen LogP contribution in [0.25, 0.3) is 16.8 Å². The second kappa shape index (κ2) is 9.53. The van der Waals surface area contributed by atoms with Gasteiger partial charge in [-0.3, -0.25) is 9.88 Å². The van der Waals surface area contributed by atoms with E-state index in [2.05, 4.69) is 57.0 Å². The van der Waals surface area contributed by atoms with E-state index in [1.54, 1.807) is 13.3 Å². The summed E-state index contributed by atoms with van der Waals surface area (Å²) in [5.41, 5.74) is 9.64. The Labute approximate surface area is 227 Å². The molecule has 6 nitrogen and oxygen atoms in total. The van der Waals surface area contributed by atoms with Gasteiger partial charge in [-0.15, -0.1) is 0 Å². The van der Waals surface area contributed by atoms with E-state index >= 15 is 0 Å². The largest absolute Gasteiger partial charge is 0.497 e. The van der Waals surface area contributed by atoms with Gasteiger partial charge in [0.05, 0.1) is 24.4 Å². The maximum atomic E-state index is 6.70. The third kappa shape index (κ3) is 4.21. The van der Waals surface area contributed by atoms with E-state index in [1.807, 2.05) is 12.3 Å². The number of hydrogen-bond donors (Lipinski definition) is 0. The first-order chi connectivity index (χ1) is 18.6. The molecule has 0 saturated carbocycles. The smallest absolute Gasteiger partial charge is 0.137 e. The Morgan fingerprint density at radius 3 is 2.84 bits per heavy atom. The lowest BCUT2D eigenvalue weighted by molar-refractivity contribution is -0.0130. The summed E-state index contributed by atoms with van der Waals surface area (Å²) in [5.74, 6) is 0.888. The highest BCUT2D eigenvalue weighted by molar-refractivity contribution is 6.32. The molecule has 1 aromatic carbocycles. The van der Waals surface area contributed by atoms with Crippen LogP contribution in [0.4, 0.5) is 0 Å². The maximum absolute atomic E-state index is 6.70. The molecule has 7 heteroatoms. The van der Waals surface area contributed by atoms with Crippen molar-refractivity contribution in [2.24, 2.45) is 5.41 Å². The second-order valence-corrected chi connectivity index (χ2v) is 11.4. The van der Waals surface area contributed by atoms with E-state index < -0.39 is 0 Å². The topological polar surface area (TPSA) is 51.9 Å². The Morgan fingerprint density at radius 1 is 1.11 bits per heavy atom. The number of hydrogen-bond acceptors (Lipinski definition) is 5. The summed E-state index contributed by atoms with van der Waals surface area (Å²) in [7, 11) is 1.72. The normalized spacial score (nSPS) is 19.0. The van der Waals surface area contributed by atoms with Crippen LogP contribution in [0.15, 0.2) is 61.2 Å². The molecule has 2 fully saturated rings. The SMILES string of the molecule is COc1ccc2c(c1)CCCC(c1ccncc1Cl)=C2c1ccn2cc(CN3CC4(CCOC4)C3)nc2c1. The lowest BCUT2D eigenvalue weighted by Crippen LogP contribution is -2.56. The van der Waals surface area contributed by atoms with E-state index in [0.29, 0.717) is 10.4 Å². The molecule has 1 spiro atoms. The summed E-state index contributed by atoms with van der Waals surface area (Å²) in [5, 5.41) is 0.682. The van der Waals surface area contributed by atoms with Crippen molar-refractivity contribution in [1.29, 1.82) is 0 Å². The van der Waals surface area contributed by atoms with Crippen LogP contribution >= 0.6 is 11.6 Å². The minimum atomic E-state index is 0.388. The molecule has 7 rings (SSSR count). The molecular weight excluding hydrogens is 496 g/mol. The Bertz CT molecular complexity index is 1540. The van der Waals surface area contributed by atoms with Gasteiger partial charge in [0, 0.05) is 56.4 Å². The van der Waals surface area contributed by atoms with Gasteiger partial charge in [-0.05, 0) is 89.4 Å². The van der Waals surface area contributed by atoms with Crippen molar-refractivity contribution in [1.82, 2.24) is 19.3 Å². The molecule has 0 atom stereocenters. The number of methoxy groups -OCH3 is 1.